The first-order valence-corrected chi connectivity index (χ1v) is 8.59. The van der Waals surface area contributed by atoms with Gasteiger partial charge in [0.05, 0.1) is 17.4 Å². The Morgan fingerprint density at radius 1 is 1.27 bits per heavy atom. The average molecular weight is 351 g/mol. The van der Waals surface area contributed by atoms with Gasteiger partial charge in [-0.25, -0.2) is 4.39 Å². The first-order valence-electron chi connectivity index (χ1n) is 8.59. The van der Waals surface area contributed by atoms with Crippen LogP contribution < -0.4 is 10.3 Å². The Kier molecular flexibility index (Phi) is 4.03. The van der Waals surface area contributed by atoms with E-state index in [9.17, 15) is 14.0 Å². The topological polar surface area (TPSA) is 55.2 Å². The van der Waals surface area contributed by atoms with E-state index in [2.05, 4.69) is 5.10 Å². The van der Waals surface area contributed by atoms with Crippen LogP contribution in [0.15, 0.2) is 47.4 Å². The van der Waals surface area contributed by atoms with E-state index < -0.39 is 0 Å². The van der Waals surface area contributed by atoms with Crippen LogP contribution in [0.5, 0.6) is 0 Å². The van der Waals surface area contributed by atoms with Crippen molar-refractivity contribution in [2.75, 3.05) is 11.4 Å². The van der Waals surface area contributed by atoms with E-state index in [1.165, 1.54) is 21.8 Å². The Balaban J connectivity index is 1.71. The molecule has 26 heavy (non-hydrogen) atoms. The summed E-state index contributed by atoms with van der Waals surface area (Å²) in [6.45, 7) is 2.28. The Hall–Kier alpha value is -3.02. The molecule has 0 saturated carbocycles. The fraction of sp³-hybridized carbons (Fsp3) is 0.250. The second-order valence-electron chi connectivity index (χ2n) is 6.59. The summed E-state index contributed by atoms with van der Waals surface area (Å²) in [4.78, 5) is 26.4. The summed E-state index contributed by atoms with van der Waals surface area (Å²) < 4.78 is 16.0. The van der Waals surface area contributed by atoms with Gasteiger partial charge in [0.15, 0.2) is 0 Å². The van der Waals surface area contributed by atoms with Gasteiger partial charge in [-0.15, -0.1) is 0 Å². The molecule has 0 aliphatic carbocycles. The molecule has 0 saturated heterocycles. The van der Waals surface area contributed by atoms with Crippen molar-refractivity contribution in [3.63, 3.8) is 0 Å². The number of hydrogen-bond donors (Lipinski definition) is 0. The predicted octanol–water partition coefficient (Wildman–Crippen LogP) is 2.82. The van der Waals surface area contributed by atoms with Gasteiger partial charge < -0.3 is 4.90 Å². The molecule has 5 nitrogen and oxygen atoms in total. The predicted molar refractivity (Wildman–Crippen MR) is 97.8 cm³/mol. The Labute approximate surface area is 149 Å². The van der Waals surface area contributed by atoms with Gasteiger partial charge in [0.2, 0.25) is 11.3 Å². The lowest BCUT2D eigenvalue weighted by Gasteiger charge is -2.30. The van der Waals surface area contributed by atoms with Crippen LogP contribution in [-0.2, 0) is 17.8 Å². The number of aromatic nitrogens is 2. The number of hydrogen-bond acceptors (Lipinski definition) is 3. The maximum atomic E-state index is 14.5. The molecule has 6 heteroatoms. The molecule has 2 heterocycles. The lowest BCUT2D eigenvalue weighted by molar-refractivity contribution is -0.119. The number of nitrogens with zero attached hydrogens (tertiary/aromatic N) is 3. The van der Waals surface area contributed by atoms with Gasteiger partial charge in [0, 0.05) is 11.9 Å². The van der Waals surface area contributed by atoms with E-state index in [1.54, 1.807) is 24.3 Å². The van der Waals surface area contributed by atoms with Crippen LogP contribution in [0.1, 0.15) is 17.5 Å². The summed E-state index contributed by atoms with van der Waals surface area (Å²) >= 11 is 0. The zero-order valence-corrected chi connectivity index (χ0v) is 14.4. The SMILES string of the molecule is Cc1cc(F)c2c(c1)CCCN2C(=O)Cn1ncc(=O)c2ccccc21. The zero-order valence-electron chi connectivity index (χ0n) is 14.4. The molecule has 132 valence electrons. The van der Waals surface area contributed by atoms with Crippen LogP contribution in [0.4, 0.5) is 10.1 Å². The van der Waals surface area contributed by atoms with Crippen molar-refractivity contribution in [1.29, 1.82) is 0 Å². The highest BCUT2D eigenvalue weighted by molar-refractivity contribution is 5.95. The van der Waals surface area contributed by atoms with Gasteiger partial charge >= 0.3 is 0 Å². The second-order valence-corrected chi connectivity index (χ2v) is 6.59. The maximum Gasteiger partial charge on any atom is 0.248 e. The van der Waals surface area contributed by atoms with Crippen molar-refractivity contribution < 1.29 is 9.18 Å². The molecule has 0 unspecified atom stereocenters. The van der Waals surface area contributed by atoms with Crippen LogP contribution in [0.2, 0.25) is 0 Å². The smallest absolute Gasteiger partial charge is 0.248 e. The molecule has 0 spiro atoms. The third kappa shape index (κ3) is 2.77. The first-order chi connectivity index (χ1) is 12.5. The summed E-state index contributed by atoms with van der Waals surface area (Å²) in [6, 6.07) is 10.4. The molecule has 0 fully saturated rings. The number of anilines is 1. The highest BCUT2D eigenvalue weighted by Crippen LogP contribution is 2.31. The molecule has 3 aromatic rings. The molecule has 1 aromatic heterocycles. The van der Waals surface area contributed by atoms with E-state index in [-0.39, 0.29) is 23.7 Å². The van der Waals surface area contributed by atoms with Crippen LogP contribution in [-0.4, -0.2) is 22.2 Å². The number of fused-ring (bicyclic) bond motifs is 2. The van der Waals surface area contributed by atoms with Gasteiger partial charge in [-0.05, 0) is 49.1 Å². The number of carbonyl (C=O) groups excluding carboxylic acids is 1. The van der Waals surface area contributed by atoms with Gasteiger partial charge in [-0.3, -0.25) is 14.3 Å². The zero-order chi connectivity index (χ0) is 18.3. The van der Waals surface area contributed by atoms with Crippen LogP contribution in [0.25, 0.3) is 10.9 Å². The molecular weight excluding hydrogens is 333 g/mol. The highest BCUT2D eigenvalue weighted by atomic mass is 19.1. The number of halogens is 1. The fourth-order valence-corrected chi connectivity index (χ4v) is 3.59. The third-order valence-electron chi connectivity index (χ3n) is 4.73. The molecule has 1 aliphatic rings. The molecular formula is C20H18FN3O2. The molecule has 4 rings (SSSR count). The Morgan fingerprint density at radius 2 is 2.08 bits per heavy atom. The van der Waals surface area contributed by atoms with Crippen LogP contribution in [0, 0.1) is 12.7 Å². The fourth-order valence-electron chi connectivity index (χ4n) is 3.59. The van der Waals surface area contributed by atoms with Gasteiger partial charge in [-0.2, -0.15) is 5.10 Å². The average Bonchev–Trinajstić information content (AvgIpc) is 2.63. The molecule has 0 bridgehead atoms. The van der Waals surface area contributed by atoms with Crippen LogP contribution >= 0.6 is 0 Å². The van der Waals surface area contributed by atoms with Crippen molar-refractivity contribution in [3.05, 3.63) is 69.8 Å². The van der Waals surface area contributed by atoms with Crippen molar-refractivity contribution >= 4 is 22.5 Å². The number of aryl methyl sites for hydroxylation is 2. The molecule has 1 aliphatic heterocycles. The van der Waals surface area contributed by atoms with Crippen LogP contribution in [0.3, 0.4) is 0 Å². The standard InChI is InChI=1S/C20H18FN3O2/c1-13-9-14-5-4-8-23(20(14)16(21)10-13)19(26)12-24-17-7-3-2-6-15(17)18(25)11-22-24/h2-3,6-7,9-11H,4-5,8,12H2,1H3. The van der Waals surface area contributed by atoms with Crippen molar-refractivity contribution in [3.8, 4) is 0 Å². The van der Waals surface area contributed by atoms with E-state index in [0.717, 1.165) is 24.0 Å². The van der Waals surface area contributed by atoms with E-state index in [1.807, 2.05) is 13.0 Å². The molecule has 1 amide bonds. The highest BCUT2D eigenvalue weighted by Gasteiger charge is 2.26. The first kappa shape index (κ1) is 16.4. The Bertz CT molecular complexity index is 1070. The molecule has 0 N–H and O–H groups in total. The summed E-state index contributed by atoms with van der Waals surface area (Å²) in [5.74, 6) is -0.610. The third-order valence-corrected chi connectivity index (χ3v) is 4.73. The minimum absolute atomic E-state index is 0.0481. The van der Waals surface area contributed by atoms with Gasteiger partial charge in [-0.1, -0.05) is 18.2 Å². The molecule has 2 aromatic carbocycles. The van der Waals surface area contributed by atoms with E-state index >= 15 is 0 Å². The van der Waals surface area contributed by atoms with E-state index in [0.29, 0.717) is 23.1 Å². The number of carbonyl (C=O) groups is 1. The normalized spacial score (nSPS) is 13.7. The van der Waals surface area contributed by atoms with Crippen molar-refractivity contribution in [2.45, 2.75) is 26.3 Å². The number of para-hydroxylation sites is 1. The summed E-state index contributed by atoms with van der Waals surface area (Å²) in [7, 11) is 0. The minimum atomic E-state index is -0.370. The second kappa shape index (κ2) is 6.37. The minimum Gasteiger partial charge on any atom is -0.308 e. The largest absolute Gasteiger partial charge is 0.308 e. The lowest BCUT2D eigenvalue weighted by Crippen LogP contribution is -2.39. The van der Waals surface area contributed by atoms with Crippen molar-refractivity contribution in [2.24, 2.45) is 0 Å². The monoisotopic (exact) mass is 351 g/mol. The maximum absolute atomic E-state index is 14.5. The summed E-state index contributed by atoms with van der Waals surface area (Å²) in [5, 5.41) is 4.61. The van der Waals surface area contributed by atoms with E-state index in [4.69, 9.17) is 0 Å². The summed E-state index contributed by atoms with van der Waals surface area (Å²) in [6.07, 6.45) is 2.76. The number of rotatable bonds is 2. The molecule has 0 radical (unpaired) electrons. The lowest BCUT2D eigenvalue weighted by atomic mass is 9.99. The van der Waals surface area contributed by atoms with Gasteiger partial charge in [0.25, 0.3) is 0 Å². The Morgan fingerprint density at radius 3 is 2.92 bits per heavy atom. The summed E-state index contributed by atoms with van der Waals surface area (Å²) in [5.41, 5.74) is 2.49. The number of amides is 1. The number of benzene rings is 2. The van der Waals surface area contributed by atoms with Crippen molar-refractivity contribution in [1.82, 2.24) is 9.78 Å². The van der Waals surface area contributed by atoms with Gasteiger partial charge in [0.1, 0.15) is 12.4 Å². The quantitative estimate of drug-likeness (QED) is 0.713. The molecule has 0 atom stereocenters.